The van der Waals surface area contributed by atoms with Crippen LogP contribution in [0.3, 0.4) is 0 Å². The predicted molar refractivity (Wildman–Crippen MR) is 102 cm³/mol. The van der Waals surface area contributed by atoms with Gasteiger partial charge >= 0.3 is 0 Å². The summed E-state index contributed by atoms with van der Waals surface area (Å²) in [4.78, 5) is 12.6. The number of tetrazole rings is 1. The number of methoxy groups -OCH3 is 1. The van der Waals surface area contributed by atoms with E-state index in [1.165, 1.54) is 0 Å². The second-order valence-electron chi connectivity index (χ2n) is 6.30. The van der Waals surface area contributed by atoms with Crippen LogP contribution in [0.25, 0.3) is 11.3 Å². The van der Waals surface area contributed by atoms with Crippen LogP contribution in [0, 0.1) is 0 Å². The number of benzene rings is 2. The first-order chi connectivity index (χ1) is 13.8. The lowest BCUT2D eigenvalue weighted by molar-refractivity contribution is 0.414. The number of fused-ring (bicyclic) bond motifs is 2. The number of aromatic amines is 1. The summed E-state index contributed by atoms with van der Waals surface area (Å²) in [7, 11) is 1.62. The molecule has 3 heterocycles. The quantitative estimate of drug-likeness (QED) is 0.498. The lowest BCUT2D eigenvalue weighted by Crippen LogP contribution is -2.29. The highest BCUT2D eigenvalue weighted by Gasteiger charge is 2.34. The van der Waals surface area contributed by atoms with E-state index in [9.17, 15) is 4.79 Å². The fourth-order valence-electron chi connectivity index (χ4n) is 3.45. The Morgan fingerprint density at radius 1 is 1.07 bits per heavy atom. The molecule has 0 aliphatic carbocycles. The minimum atomic E-state index is -0.419. The molecule has 1 unspecified atom stereocenters. The molecule has 0 saturated carbocycles. The van der Waals surface area contributed by atoms with Gasteiger partial charge < -0.3 is 10.1 Å². The molecule has 0 radical (unpaired) electrons. The average molecular weight is 373 g/mol. The molecule has 1 atom stereocenters. The predicted octanol–water partition coefficient (Wildman–Crippen LogP) is 2.13. The van der Waals surface area contributed by atoms with Crippen molar-refractivity contribution in [3.8, 4) is 17.0 Å². The van der Waals surface area contributed by atoms with E-state index in [0.29, 0.717) is 22.9 Å². The van der Waals surface area contributed by atoms with Gasteiger partial charge in [-0.25, -0.2) is 5.10 Å². The maximum atomic E-state index is 12.6. The summed E-state index contributed by atoms with van der Waals surface area (Å²) < 4.78 is 6.92. The fraction of sp³-hybridized carbons (Fsp3) is 0.105. The standard InChI is InChI=1S/C19H15N7O2/c1-28-13-9-7-12(8-10-13)17-14-15(11-5-3-2-4-6-11)21-22-18(27)16(14)20-19-23-24-25-26(17)19/h2-10,17H,1H3,(H,22,27)(H,20,23,25). The Bertz CT molecular complexity index is 1200. The van der Waals surface area contributed by atoms with Crippen molar-refractivity contribution >= 4 is 11.6 Å². The molecule has 2 aromatic carbocycles. The third-order valence-corrected chi connectivity index (χ3v) is 4.75. The third kappa shape index (κ3) is 2.44. The van der Waals surface area contributed by atoms with Gasteiger partial charge in [0.2, 0.25) is 5.95 Å². The van der Waals surface area contributed by atoms with Gasteiger partial charge in [0, 0.05) is 11.1 Å². The fourth-order valence-corrected chi connectivity index (χ4v) is 3.45. The van der Waals surface area contributed by atoms with Gasteiger partial charge in [0.25, 0.3) is 5.56 Å². The van der Waals surface area contributed by atoms with Gasteiger partial charge in [-0.05, 0) is 28.1 Å². The molecule has 4 aromatic rings. The second kappa shape index (κ2) is 6.31. The first kappa shape index (κ1) is 16.2. The summed E-state index contributed by atoms with van der Waals surface area (Å²) in [6, 6.07) is 16.8. The van der Waals surface area contributed by atoms with Crippen molar-refractivity contribution in [3.63, 3.8) is 0 Å². The lowest BCUT2D eigenvalue weighted by atomic mass is 9.92. The van der Waals surface area contributed by atoms with Crippen LogP contribution in [0.15, 0.2) is 59.4 Å². The smallest absolute Gasteiger partial charge is 0.288 e. The normalized spacial score (nSPS) is 14.7. The summed E-state index contributed by atoms with van der Waals surface area (Å²) in [6.45, 7) is 0. The van der Waals surface area contributed by atoms with Gasteiger partial charge in [-0.1, -0.05) is 47.6 Å². The average Bonchev–Trinajstić information content (AvgIpc) is 3.22. The van der Waals surface area contributed by atoms with Crippen LogP contribution in [0.4, 0.5) is 11.6 Å². The number of hydrogen-bond donors (Lipinski definition) is 2. The van der Waals surface area contributed by atoms with Crippen molar-refractivity contribution < 1.29 is 4.74 Å². The topological polar surface area (TPSA) is 111 Å². The third-order valence-electron chi connectivity index (χ3n) is 4.75. The summed E-state index contributed by atoms with van der Waals surface area (Å²) in [6.07, 6.45) is 0. The van der Waals surface area contributed by atoms with E-state index >= 15 is 0 Å². The van der Waals surface area contributed by atoms with Gasteiger partial charge in [0.1, 0.15) is 17.5 Å². The Balaban J connectivity index is 1.79. The molecule has 2 N–H and O–H groups in total. The number of aromatic nitrogens is 6. The molecule has 0 bridgehead atoms. The molecular formula is C19H15N7O2. The minimum Gasteiger partial charge on any atom is -0.497 e. The van der Waals surface area contributed by atoms with Crippen LogP contribution in [0.1, 0.15) is 17.2 Å². The summed E-state index contributed by atoms with van der Waals surface area (Å²) >= 11 is 0. The van der Waals surface area contributed by atoms with Gasteiger partial charge in [-0.15, -0.1) is 0 Å². The Morgan fingerprint density at radius 3 is 2.61 bits per heavy atom. The van der Waals surface area contributed by atoms with E-state index < -0.39 is 6.04 Å². The maximum Gasteiger partial charge on any atom is 0.288 e. The molecule has 1 aliphatic heterocycles. The van der Waals surface area contributed by atoms with Crippen molar-refractivity contribution in [3.05, 3.63) is 76.1 Å². The second-order valence-corrected chi connectivity index (χ2v) is 6.30. The molecular weight excluding hydrogens is 358 g/mol. The zero-order valence-electron chi connectivity index (χ0n) is 14.8. The molecule has 0 amide bonds. The van der Waals surface area contributed by atoms with Crippen molar-refractivity contribution in [2.24, 2.45) is 0 Å². The van der Waals surface area contributed by atoms with E-state index in [1.807, 2.05) is 54.6 Å². The largest absolute Gasteiger partial charge is 0.497 e. The molecule has 2 aromatic heterocycles. The van der Waals surface area contributed by atoms with Gasteiger partial charge in [-0.3, -0.25) is 4.79 Å². The van der Waals surface area contributed by atoms with Crippen molar-refractivity contribution in [1.82, 2.24) is 30.4 Å². The molecule has 5 rings (SSSR count). The zero-order valence-corrected chi connectivity index (χ0v) is 14.8. The number of nitrogens with zero attached hydrogens (tertiary/aromatic N) is 5. The number of anilines is 2. The molecule has 0 saturated heterocycles. The number of rotatable bonds is 3. The molecule has 9 nitrogen and oxygen atoms in total. The van der Waals surface area contributed by atoms with Crippen molar-refractivity contribution in [1.29, 1.82) is 0 Å². The van der Waals surface area contributed by atoms with E-state index in [4.69, 9.17) is 4.74 Å². The summed E-state index contributed by atoms with van der Waals surface area (Å²) in [5.41, 5.74) is 3.21. The van der Waals surface area contributed by atoms with E-state index in [0.717, 1.165) is 16.9 Å². The number of nitrogens with one attached hydrogen (secondary N) is 2. The highest BCUT2D eigenvalue weighted by atomic mass is 16.5. The Morgan fingerprint density at radius 2 is 1.86 bits per heavy atom. The molecule has 28 heavy (non-hydrogen) atoms. The van der Waals surface area contributed by atoms with Gasteiger partial charge in [0.15, 0.2) is 0 Å². The molecule has 138 valence electrons. The van der Waals surface area contributed by atoms with Crippen LogP contribution in [0.5, 0.6) is 5.75 Å². The first-order valence-electron chi connectivity index (χ1n) is 8.63. The Labute approximate surface area is 159 Å². The number of hydrogen-bond acceptors (Lipinski definition) is 7. The van der Waals surface area contributed by atoms with E-state index in [-0.39, 0.29) is 5.56 Å². The van der Waals surface area contributed by atoms with Crippen molar-refractivity contribution in [2.45, 2.75) is 6.04 Å². The van der Waals surface area contributed by atoms with Crippen LogP contribution < -0.4 is 15.6 Å². The maximum absolute atomic E-state index is 12.6. The summed E-state index contributed by atoms with van der Waals surface area (Å²) in [5.74, 6) is 1.13. The minimum absolute atomic E-state index is 0.331. The number of ether oxygens (including phenoxy) is 1. The van der Waals surface area contributed by atoms with Crippen LogP contribution in [-0.2, 0) is 0 Å². The van der Waals surface area contributed by atoms with E-state index in [2.05, 4.69) is 31.0 Å². The number of H-pyrrole nitrogens is 1. The van der Waals surface area contributed by atoms with Gasteiger partial charge in [-0.2, -0.15) is 9.78 Å². The molecule has 0 fully saturated rings. The van der Waals surface area contributed by atoms with Crippen LogP contribution >= 0.6 is 0 Å². The first-order valence-corrected chi connectivity index (χ1v) is 8.63. The Kier molecular flexibility index (Phi) is 3.64. The highest BCUT2D eigenvalue weighted by molar-refractivity contribution is 5.75. The van der Waals surface area contributed by atoms with Gasteiger partial charge in [0.05, 0.1) is 12.8 Å². The SMILES string of the molecule is COc1ccc(C2c3c(-c4ccccc4)n[nH]c(=O)c3Nc3nnnn32)cc1. The van der Waals surface area contributed by atoms with E-state index in [1.54, 1.807) is 11.8 Å². The zero-order chi connectivity index (χ0) is 19.1. The van der Waals surface area contributed by atoms with Crippen molar-refractivity contribution in [2.75, 3.05) is 12.4 Å². The summed E-state index contributed by atoms with van der Waals surface area (Å²) in [5, 5.41) is 21.9. The molecule has 9 heteroatoms. The van der Waals surface area contributed by atoms with Crippen LogP contribution in [0.2, 0.25) is 0 Å². The molecule has 0 spiro atoms. The highest BCUT2D eigenvalue weighted by Crippen LogP contribution is 2.41. The Hall–Kier alpha value is -4.01. The molecule has 1 aliphatic rings. The van der Waals surface area contributed by atoms with Crippen LogP contribution in [-0.4, -0.2) is 37.5 Å². The monoisotopic (exact) mass is 373 g/mol. The lowest BCUT2D eigenvalue weighted by Gasteiger charge is -2.27.